The Morgan fingerprint density at radius 2 is 1.36 bits per heavy atom. The molecule has 1 unspecified atom stereocenters. The predicted octanol–water partition coefficient (Wildman–Crippen LogP) is 9.04. The van der Waals surface area contributed by atoms with E-state index in [0.29, 0.717) is 18.3 Å². The predicted molar refractivity (Wildman–Crippen MR) is 152 cm³/mol. The second-order valence-electron chi connectivity index (χ2n) is 9.00. The smallest absolute Gasteiger partial charge is 0.173 e. The maximum absolute atomic E-state index is 11.8. The molecule has 2 nitrogen and oxygen atoms in total. The Labute approximate surface area is 208 Å². The van der Waals surface area contributed by atoms with Crippen LogP contribution in [0.25, 0.3) is 20.2 Å². The van der Waals surface area contributed by atoms with Crippen LogP contribution in [0.2, 0.25) is 0 Å². The van der Waals surface area contributed by atoms with Crippen LogP contribution >= 0.6 is 31.3 Å². The number of rotatable bonds is 6. The lowest BCUT2D eigenvalue weighted by Crippen LogP contribution is -2.00. The van der Waals surface area contributed by atoms with Crippen LogP contribution in [0.5, 0.6) is 0 Å². The number of hydrogen-bond donors (Lipinski definition) is 1. The molecule has 1 N–H and O–H groups in total. The molecule has 0 aliphatic rings. The van der Waals surface area contributed by atoms with Crippen LogP contribution in [0.3, 0.4) is 0 Å². The summed E-state index contributed by atoms with van der Waals surface area (Å²) in [5, 5.41) is 12.4. The van der Waals surface area contributed by atoms with Gasteiger partial charge in [0, 0.05) is 20.7 Å². The highest BCUT2D eigenvalue weighted by molar-refractivity contribution is 7.35. The molecule has 5 heteroatoms. The molecule has 2 heterocycles. The van der Waals surface area contributed by atoms with Gasteiger partial charge in [-0.25, -0.2) is 0 Å². The van der Waals surface area contributed by atoms with E-state index >= 15 is 0 Å². The summed E-state index contributed by atoms with van der Waals surface area (Å²) < 4.78 is 2.46. The Hall–Kier alpha value is -1.58. The molecule has 33 heavy (non-hydrogen) atoms. The van der Waals surface area contributed by atoms with Gasteiger partial charge in [0.15, 0.2) is 5.78 Å². The molecule has 0 aliphatic carbocycles. The van der Waals surface area contributed by atoms with E-state index in [-0.39, 0.29) is 11.9 Å². The number of fused-ring (bicyclic) bond motifs is 2. The normalized spacial score (nSPS) is 11.8. The first-order chi connectivity index (χ1) is 15.7. The van der Waals surface area contributed by atoms with Crippen molar-refractivity contribution in [1.29, 1.82) is 0 Å². The molecule has 178 valence electrons. The number of hydrogen-bond acceptors (Lipinski definition) is 4. The van der Waals surface area contributed by atoms with E-state index in [2.05, 4.69) is 71.4 Å². The van der Waals surface area contributed by atoms with Crippen molar-refractivity contribution in [2.75, 3.05) is 13.3 Å². The lowest BCUT2D eigenvalue weighted by atomic mass is 10.0. The SMILES string of the molecule is CC(C)CC(=O)c1cc2ccccc2s1.CC(C)CC(O)c1cc2ccccc2s1.CPC. The highest BCUT2D eigenvalue weighted by Gasteiger charge is 2.13. The number of carbonyl (C=O) groups excluding carboxylic acids is 1. The van der Waals surface area contributed by atoms with Crippen molar-refractivity contribution in [3.8, 4) is 0 Å². The number of aliphatic hydroxyl groups is 1. The van der Waals surface area contributed by atoms with Crippen LogP contribution in [0.15, 0.2) is 60.7 Å². The molecule has 0 radical (unpaired) electrons. The molecular weight excluding hydrogens is 463 g/mol. The quantitative estimate of drug-likeness (QED) is 0.212. The standard InChI is InChI=1S/C13H16OS.C13H14OS.C2H7P/c2*1-9(2)7-11(14)13-8-10-5-3-4-6-12(10)15-13;1-3-2/h3-6,8-9,11,14H,7H2,1-2H3;3-6,8-9H,7H2,1-2H3;3H,1-2H3. The number of ketones is 1. The minimum Gasteiger partial charge on any atom is -0.388 e. The Kier molecular flexibility index (Phi) is 11.7. The zero-order valence-corrected chi connectivity index (χ0v) is 23.2. The van der Waals surface area contributed by atoms with Crippen molar-refractivity contribution >= 4 is 57.2 Å². The lowest BCUT2D eigenvalue weighted by molar-refractivity contribution is 0.0972. The van der Waals surface area contributed by atoms with Crippen molar-refractivity contribution in [3.63, 3.8) is 0 Å². The minimum atomic E-state index is -0.303. The van der Waals surface area contributed by atoms with Gasteiger partial charge < -0.3 is 5.11 Å². The topological polar surface area (TPSA) is 37.3 Å². The van der Waals surface area contributed by atoms with E-state index in [4.69, 9.17) is 0 Å². The number of carbonyl (C=O) groups is 1. The van der Waals surface area contributed by atoms with Gasteiger partial charge in [0.1, 0.15) is 0 Å². The van der Waals surface area contributed by atoms with Crippen molar-refractivity contribution in [2.45, 2.75) is 46.6 Å². The molecule has 2 aromatic carbocycles. The van der Waals surface area contributed by atoms with Gasteiger partial charge in [0.2, 0.25) is 0 Å². The molecule has 4 rings (SSSR count). The summed E-state index contributed by atoms with van der Waals surface area (Å²) in [4.78, 5) is 13.8. The van der Waals surface area contributed by atoms with Crippen LogP contribution in [0.1, 0.15) is 61.2 Å². The van der Waals surface area contributed by atoms with Crippen molar-refractivity contribution in [3.05, 3.63) is 70.4 Å². The summed E-state index contributed by atoms with van der Waals surface area (Å²) in [5.41, 5.74) is 0. The van der Waals surface area contributed by atoms with Gasteiger partial charge in [-0.15, -0.1) is 31.3 Å². The van der Waals surface area contributed by atoms with Gasteiger partial charge in [-0.05, 0) is 66.6 Å². The first kappa shape index (κ1) is 27.7. The number of aliphatic hydroxyl groups excluding tert-OH is 1. The van der Waals surface area contributed by atoms with Gasteiger partial charge in [-0.3, -0.25) is 4.79 Å². The lowest BCUT2D eigenvalue weighted by Gasteiger charge is -2.10. The maximum Gasteiger partial charge on any atom is 0.173 e. The average molecular weight is 501 g/mol. The summed E-state index contributed by atoms with van der Waals surface area (Å²) in [6.07, 6.45) is 1.18. The fraction of sp³-hybridized carbons (Fsp3) is 0.393. The largest absolute Gasteiger partial charge is 0.388 e. The van der Waals surface area contributed by atoms with E-state index in [9.17, 15) is 9.90 Å². The van der Waals surface area contributed by atoms with Gasteiger partial charge >= 0.3 is 0 Å². The molecule has 0 fully saturated rings. The molecule has 2 aromatic heterocycles. The third-order valence-corrected chi connectivity index (χ3v) is 7.14. The number of thiophene rings is 2. The summed E-state index contributed by atoms with van der Waals surface area (Å²) in [6.45, 7) is 12.7. The van der Waals surface area contributed by atoms with Gasteiger partial charge in [-0.2, -0.15) is 0 Å². The molecule has 0 bridgehead atoms. The molecule has 1 atom stereocenters. The zero-order valence-electron chi connectivity index (χ0n) is 20.6. The number of benzene rings is 2. The fourth-order valence-corrected chi connectivity index (χ4v) is 5.39. The third-order valence-electron chi connectivity index (χ3n) is 4.76. The first-order valence-corrected chi connectivity index (χ1v) is 15.1. The Morgan fingerprint density at radius 3 is 1.85 bits per heavy atom. The molecule has 0 saturated heterocycles. The Balaban J connectivity index is 0.000000209. The van der Waals surface area contributed by atoms with Gasteiger partial charge in [0.25, 0.3) is 0 Å². The van der Waals surface area contributed by atoms with Crippen LogP contribution in [0, 0.1) is 11.8 Å². The van der Waals surface area contributed by atoms with E-state index in [0.717, 1.165) is 24.8 Å². The molecular formula is C28H37O2PS2. The molecule has 0 spiro atoms. The van der Waals surface area contributed by atoms with Crippen molar-refractivity contribution in [2.24, 2.45) is 11.8 Å². The summed E-state index contributed by atoms with van der Waals surface area (Å²) in [5.74, 6) is 1.24. The molecule has 0 saturated carbocycles. The minimum absolute atomic E-state index is 0.270. The average Bonchev–Trinajstić information content (AvgIpc) is 3.38. The van der Waals surface area contributed by atoms with Crippen LogP contribution < -0.4 is 0 Å². The zero-order chi connectivity index (χ0) is 24.4. The van der Waals surface area contributed by atoms with Crippen LogP contribution in [-0.2, 0) is 0 Å². The van der Waals surface area contributed by atoms with Crippen molar-refractivity contribution in [1.82, 2.24) is 0 Å². The van der Waals surface area contributed by atoms with E-state index in [1.807, 2.05) is 30.3 Å². The van der Waals surface area contributed by atoms with E-state index in [1.54, 1.807) is 22.7 Å². The number of Topliss-reactive ketones (excluding diaryl/α,β-unsaturated/α-hetero) is 1. The fourth-order valence-electron chi connectivity index (χ4n) is 3.32. The van der Waals surface area contributed by atoms with Gasteiger partial charge in [0.05, 0.1) is 11.0 Å². The van der Waals surface area contributed by atoms with E-state index < -0.39 is 0 Å². The monoisotopic (exact) mass is 500 g/mol. The molecule has 4 aromatic rings. The van der Waals surface area contributed by atoms with Crippen LogP contribution in [0.4, 0.5) is 0 Å². The summed E-state index contributed by atoms with van der Waals surface area (Å²) in [6, 6.07) is 20.5. The molecule has 0 amide bonds. The van der Waals surface area contributed by atoms with Crippen LogP contribution in [-0.4, -0.2) is 24.2 Å². The maximum atomic E-state index is 11.8. The highest BCUT2D eigenvalue weighted by Crippen LogP contribution is 2.32. The summed E-state index contributed by atoms with van der Waals surface area (Å²) in [7, 11) is 1.08. The second-order valence-corrected chi connectivity index (χ2v) is 12.2. The Bertz CT molecular complexity index is 1060. The first-order valence-electron chi connectivity index (χ1n) is 11.5. The van der Waals surface area contributed by atoms with Gasteiger partial charge in [-0.1, -0.05) is 64.1 Å². The third kappa shape index (κ3) is 8.94. The van der Waals surface area contributed by atoms with Crippen molar-refractivity contribution < 1.29 is 9.90 Å². The Morgan fingerprint density at radius 1 is 0.848 bits per heavy atom. The summed E-state index contributed by atoms with van der Waals surface area (Å²) >= 11 is 3.30. The second kappa shape index (κ2) is 14.0. The highest BCUT2D eigenvalue weighted by atomic mass is 32.1. The molecule has 0 aliphatic heterocycles. The van der Waals surface area contributed by atoms with E-state index in [1.165, 1.54) is 20.2 Å².